The van der Waals surface area contributed by atoms with E-state index in [1.54, 1.807) is 0 Å². The van der Waals surface area contributed by atoms with Crippen LogP contribution in [0.25, 0.3) is 0 Å². The molecule has 0 aromatic carbocycles. The van der Waals surface area contributed by atoms with Crippen LogP contribution in [0.4, 0.5) is 0 Å². The molecule has 0 fully saturated rings. The Bertz CT molecular complexity index is 287. The summed E-state index contributed by atoms with van der Waals surface area (Å²) in [5.41, 5.74) is 1.10. The van der Waals surface area contributed by atoms with Crippen molar-refractivity contribution >= 4 is 33.0 Å². The molecule has 0 atom stereocenters. The monoisotopic (exact) mass is 262 g/mol. The van der Waals surface area contributed by atoms with Crippen LogP contribution in [0, 0.1) is 6.92 Å². The van der Waals surface area contributed by atoms with Crippen molar-refractivity contribution in [2.45, 2.75) is 13.8 Å². The Morgan fingerprint density at radius 2 is 2.38 bits per heavy atom. The first-order valence-electron chi connectivity index (χ1n) is 4.02. The second-order valence-corrected chi connectivity index (χ2v) is 5.00. The number of thiophene rings is 1. The highest BCUT2D eigenvalue weighted by molar-refractivity contribution is 9.11. The largest absolute Gasteiger partial charge is 0.374 e. The minimum absolute atomic E-state index is 0.0562. The van der Waals surface area contributed by atoms with Crippen LogP contribution in [0.3, 0.4) is 0 Å². The summed E-state index contributed by atoms with van der Waals surface area (Å²) in [6.07, 6.45) is 0. The number of halogens is 1. The van der Waals surface area contributed by atoms with E-state index in [4.69, 9.17) is 4.74 Å². The lowest BCUT2D eigenvalue weighted by molar-refractivity contribution is 0.0787. The summed E-state index contributed by atoms with van der Waals surface area (Å²) >= 11 is 4.84. The SMILES string of the molecule is CCOCC(=O)c1cc(C)c(Br)s1. The number of hydrogen-bond acceptors (Lipinski definition) is 3. The first-order chi connectivity index (χ1) is 6.15. The fourth-order valence-electron chi connectivity index (χ4n) is 0.863. The Hall–Kier alpha value is -0.190. The van der Waals surface area contributed by atoms with E-state index >= 15 is 0 Å². The fraction of sp³-hybridized carbons (Fsp3) is 0.444. The number of ether oxygens (including phenoxy) is 1. The standard InChI is InChI=1S/C9H11BrO2S/c1-3-12-5-7(11)8-4-6(2)9(10)13-8/h4H,3,5H2,1-2H3. The first kappa shape index (κ1) is 10.9. The second kappa shape index (κ2) is 4.88. The molecule has 0 aliphatic rings. The fourth-order valence-corrected chi connectivity index (χ4v) is 2.32. The highest BCUT2D eigenvalue weighted by Gasteiger charge is 2.10. The summed E-state index contributed by atoms with van der Waals surface area (Å²) in [5.74, 6) is 0.0562. The zero-order valence-corrected chi connectivity index (χ0v) is 10.00. The smallest absolute Gasteiger partial charge is 0.198 e. The van der Waals surface area contributed by atoms with Gasteiger partial charge in [-0.1, -0.05) is 0 Å². The van der Waals surface area contributed by atoms with Gasteiger partial charge in [-0.15, -0.1) is 11.3 Å². The predicted octanol–water partition coefficient (Wildman–Crippen LogP) is 3.04. The molecule has 0 unspecified atom stereocenters. The molecule has 2 nitrogen and oxygen atoms in total. The van der Waals surface area contributed by atoms with Gasteiger partial charge in [0, 0.05) is 6.61 Å². The van der Waals surface area contributed by atoms with Gasteiger partial charge in [0.25, 0.3) is 0 Å². The van der Waals surface area contributed by atoms with Gasteiger partial charge in [-0.05, 0) is 41.4 Å². The van der Waals surface area contributed by atoms with E-state index < -0.39 is 0 Å². The zero-order chi connectivity index (χ0) is 9.84. The molecule has 0 saturated carbocycles. The zero-order valence-electron chi connectivity index (χ0n) is 7.59. The minimum atomic E-state index is 0.0562. The van der Waals surface area contributed by atoms with Gasteiger partial charge in [0.1, 0.15) is 6.61 Å². The molecule has 1 heterocycles. The van der Waals surface area contributed by atoms with Crippen LogP contribution in [0.2, 0.25) is 0 Å². The van der Waals surface area contributed by atoms with E-state index in [1.807, 2.05) is 19.9 Å². The Labute approximate surface area is 90.0 Å². The van der Waals surface area contributed by atoms with Crippen molar-refractivity contribution in [3.63, 3.8) is 0 Å². The van der Waals surface area contributed by atoms with Crippen LogP contribution in [0.5, 0.6) is 0 Å². The van der Waals surface area contributed by atoms with Crippen LogP contribution < -0.4 is 0 Å². The third kappa shape index (κ3) is 2.90. The Kier molecular flexibility index (Phi) is 4.09. The maximum absolute atomic E-state index is 11.4. The number of carbonyl (C=O) groups is 1. The molecule has 0 spiro atoms. The van der Waals surface area contributed by atoms with Crippen LogP contribution in [0.1, 0.15) is 22.2 Å². The summed E-state index contributed by atoms with van der Waals surface area (Å²) < 4.78 is 6.06. The molecule has 1 rings (SSSR count). The second-order valence-electron chi connectivity index (χ2n) is 2.63. The molecule has 0 aliphatic carbocycles. The molecule has 0 saturated heterocycles. The molecule has 0 bridgehead atoms. The molecule has 0 N–H and O–H groups in total. The van der Waals surface area contributed by atoms with E-state index in [0.717, 1.165) is 14.2 Å². The number of ketones is 1. The third-order valence-electron chi connectivity index (χ3n) is 1.57. The van der Waals surface area contributed by atoms with Crippen LogP contribution in [-0.4, -0.2) is 19.0 Å². The van der Waals surface area contributed by atoms with Crippen LogP contribution >= 0.6 is 27.3 Å². The van der Waals surface area contributed by atoms with Gasteiger partial charge >= 0.3 is 0 Å². The molecular weight excluding hydrogens is 252 g/mol. The van der Waals surface area contributed by atoms with Gasteiger partial charge in [-0.3, -0.25) is 4.79 Å². The van der Waals surface area contributed by atoms with Gasteiger partial charge in [-0.2, -0.15) is 0 Å². The number of rotatable bonds is 4. The van der Waals surface area contributed by atoms with Crippen molar-refractivity contribution in [2.24, 2.45) is 0 Å². The first-order valence-corrected chi connectivity index (χ1v) is 5.63. The summed E-state index contributed by atoms with van der Waals surface area (Å²) in [6.45, 7) is 4.61. The summed E-state index contributed by atoms with van der Waals surface area (Å²) in [7, 11) is 0. The van der Waals surface area contributed by atoms with Crippen molar-refractivity contribution in [1.82, 2.24) is 0 Å². The van der Waals surface area contributed by atoms with E-state index in [0.29, 0.717) is 6.61 Å². The number of Topliss-reactive ketones (excluding diaryl/α,β-unsaturated/α-hetero) is 1. The van der Waals surface area contributed by atoms with Crippen LogP contribution in [0.15, 0.2) is 9.85 Å². The average Bonchev–Trinajstić information content (AvgIpc) is 2.43. The summed E-state index contributed by atoms with van der Waals surface area (Å²) in [5, 5.41) is 0. The van der Waals surface area contributed by atoms with Crippen molar-refractivity contribution in [3.05, 3.63) is 20.3 Å². The third-order valence-corrected chi connectivity index (χ3v) is 3.75. The molecule has 72 valence electrons. The average molecular weight is 263 g/mol. The molecule has 0 radical (unpaired) electrons. The lowest BCUT2D eigenvalue weighted by Crippen LogP contribution is -2.06. The molecule has 13 heavy (non-hydrogen) atoms. The number of carbonyl (C=O) groups excluding carboxylic acids is 1. The van der Waals surface area contributed by atoms with E-state index in [1.165, 1.54) is 11.3 Å². The minimum Gasteiger partial charge on any atom is -0.374 e. The predicted molar refractivity (Wildman–Crippen MR) is 57.6 cm³/mol. The van der Waals surface area contributed by atoms with Crippen molar-refractivity contribution in [1.29, 1.82) is 0 Å². The van der Waals surface area contributed by atoms with Gasteiger partial charge in [0.2, 0.25) is 0 Å². The van der Waals surface area contributed by atoms with Crippen molar-refractivity contribution < 1.29 is 9.53 Å². The lowest BCUT2D eigenvalue weighted by atomic mass is 10.3. The molecule has 0 amide bonds. The molecule has 0 aliphatic heterocycles. The van der Waals surface area contributed by atoms with Crippen molar-refractivity contribution in [3.8, 4) is 0 Å². The highest BCUT2D eigenvalue weighted by atomic mass is 79.9. The summed E-state index contributed by atoms with van der Waals surface area (Å²) in [4.78, 5) is 12.2. The Morgan fingerprint density at radius 3 is 2.85 bits per heavy atom. The molecular formula is C9H11BrO2S. The molecule has 1 aromatic rings. The van der Waals surface area contributed by atoms with Crippen LogP contribution in [-0.2, 0) is 4.74 Å². The van der Waals surface area contributed by atoms with Gasteiger partial charge in [0.15, 0.2) is 5.78 Å². The quantitative estimate of drug-likeness (QED) is 0.780. The Morgan fingerprint density at radius 1 is 1.69 bits per heavy atom. The molecule has 1 aromatic heterocycles. The van der Waals surface area contributed by atoms with Crippen molar-refractivity contribution in [2.75, 3.05) is 13.2 Å². The maximum Gasteiger partial charge on any atom is 0.198 e. The highest BCUT2D eigenvalue weighted by Crippen LogP contribution is 2.27. The lowest BCUT2D eigenvalue weighted by Gasteiger charge is -1.96. The van der Waals surface area contributed by atoms with Gasteiger partial charge in [-0.25, -0.2) is 0 Å². The van der Waals surface area contributed by atoms with Gasteiger partial charge in [0.05, 0.1) is 8.66 Å². The van der Waals surface area contributed by atoms with E-state index in [9.17, 15) is 4.79 Å². The number of hydrogen-bond donors (Lipinski definition) is 0. The summed E-state index contributed by atoms with van der Waals surface area (Å²) in [6, 6.07) is 1.89. The number of aryl methyl sites for hydroxylation is 1. The Balaban J connectivity index is 2.66. The van der Waals surface area contributed by atoms with Gasteiger partial charge < -0.3 is 4.74 Å². The van der Waals surface area contributed by atoms with E-state index in [-0.39, 0.29) is 12.4 Å². The molecule has 4 heteroatoms. The van der Waals surface area contributed by atoms with E-state index in [2.05, 4.69) is 15.9 Å². The normalized spacial score (nSPS) is 10.4. The topological polar surface area (TPSA) is 26.3 Å². The maximum atomic E-state index is 11.4.